The van der Waals surface area contributed by atoms with Crippen molar-refractivity contribution in [3.05, 3.63) is 0 Å². The van der Waals surface area contributed by atoms with E-state index in [1.54, 1.807) is 0 Å². The van der Waals surface area contributed by atoms with E-state index in [0.717, 1.165) is 5.92 Å². The fraction of sp³-hybridized carbons (Fsp3) is 0.938. The van der Waals surface area contributed by atoms with Crippen LogP contribution in [0.4, 0.5) is 0 Å². The monoisotopic (exact) mass is 266 g/mol. The van der Waals surface area contributed by atoms with Crippen molar-refractivity contribution in [1.29, 1.82) is 0 Å². The molecule has 5 atom stereocenters. The van der Waals surface area contributed by atoms with Gasteiger partial charge in [-0.2, -0.15) is 0 Å². The fourth-order valence-electron chi connectivity index (χ4n) is 6.54. The van der Waals surface area contributed by atoms with E-state index in [1.807, 2.05) is 0 Å². The van der Waals surface area contributed by atoms with Crippen LogP contribution < -0.4 is 0 Å². The number of hydrogen-bond donors (Lipinski definition) is 1. The highest BCUT2D eigenvalue weighted by molar-refractivity contribution is 5.74. The fourth-order valence-corrected chi connectivity index (χ4v) is 6.54. The van der Waals surface area contributed by atoms with Crippen LogP contribution >= 0.6 is 0 Å². The van der Waals surface area contributed by atoms with Crippen molar-refractivity contribution >= 4 is 5.97 Å². The van der Waals surface area contributed by atoms with E-state index in [1.165, 1.54) is 45.6 Å². The molecule has 4 aliphatic rings. The normalized spacial score (nSPS) is 49.2. The molecule has 4 rings (SSSR count). The van der Waals surface area contributed by atoms with Crippen molar-refractivity contribution in [2.75, 3.05) is 7.11 Å². The number of ether oxygens (including phenoxy) is 1. The Morgan fingerprint density at radius 1 is 1.21 bits per heavy atom. The first-order chi connectivity index (χ1) is 8.77. The van der Waals surface area contributed by atoms with Crippen molar-refractivity contribution in [1.82, 2.24) is 0 Å². The molecule has 0 saturated heterocycles. The Bertz CT molecular complexity index is 385. The van der Waals surface area contributed by atoms with Crippen LogP contribution in [0, 0.1) is 22.2 Å². The Kier molecular flexibility index (Phi) is 2.80. The molecule has 4 aliphatic carbocycles. The summed E-state index contributed by atoms with van der Waals surface area (Å²) in [6.45, 7) is 4.82. The number of rotatable bonds is 3. The van der Waals surface area contributed by atoms with Gasteiger partial charge in [-0.15, -0.1) is 0 Å². The molecule has 3 unspecified atom stereocenters. The van der Waals surface area contributed by atoms with Gasteiger partial charge in [0.15, 0.2) is 6.10 Å². The second kappa shape index (κ2) is 3.97. The summed E-state index contributed by atoms with van der Waals surface area (Å²) >= 11 is 0. The molecule has 3 heteroatoms. The van der Waals surface area contributed by atoms with Crippen LogP contribution in [0.3, 0.4) is 0 Å². The average Bonchev–Trinajstić information content (AvgIpc) is 2.21. The van der Waals surface area contributed by atoms with Gasteiger partial charge in [-0.25, -0.2) is 4.79 Å². The summed E-state index contributed by atoms with van der Waals surface area (Å²) in [5, 5.41) is 10.1. The summed E-state index contributed by atoms with van der Waals surface area (Å²) in [4.78, 5) is 11.5. The highest BCUT2D eigenvalue weighted by Crippen LogP contribution is 2.70. The number of carbonyl (C=O) groups is 1. The van der Waals surface area contributed by atoms with E-state index in [0.29, 0.717) is 17.3 Å². The molecule has 4 fully saturated rings. The number of methoxy groups -OCH3 is 1. The van der Waals surface area contributed by atoms with Gasteiger partial charge in [0.25, 0.3) is 0 Å². The van der Waals surface area contributed by atoms with E-state index < -0.39 is 12.1 Å². The molecule has 4 saturated carbocycles. The second-order valence-electron chi connectivity index (χ2n) is 8.37. The summed E-state index contributed by atoms with van der Waals surface area (Å²) in [6.07, 6.45) is 7.24. The summed E-state index contributed by atoms with van der Waals surface area (Å²) in [7, 11) is 1.36. The Morgan fingerprint density at radius 2 is 1.79 bits per heavy atom. The van der Waals surface area contributed by atoms with Gasteiger partial charge in [0.2, 0.25) is 0 Å². The molecule has 0 heterocycles. The lowest BCUT2D eigenvalue weighted by Crippen LogP contribution is -2.56. The highest BCUT2D eigenvalue weighted by atomic mass is 16.5. The summed E-state index contributed by atoms with van der Waals surface area (Å²) < 4.78 is 4.69. The van der Waals surface area contributed by atoms with Crippen LogP contribution in [0.15, 0.2) is 0 Å². The first kappa shape index (κ1) is 13.4. The molecule has 0 aromatic rings. The van der Waals surface area contributed by atoms with Gasteiger partial charge in [-0.1, -0.05) is 13.8 Å². The zero-order chi connectivity index (χ0) is 13.9. The van der Waals surface area contributed by atoms with Crippen LogP contribution in [0.1, 0.15) is 58.8 Å². The maximum absolute atomic E-state index is 11.5. The summed E-state index contributed by atoms with van der Waals surface area (Å²) in [5.41, 5.74) is 1.05. The molecule has 108 valence electrons. The maximum Gasteiger partial charge on any atom is 0.334 e. The van der Waals surface area contributed by atoms with E-state index in [4.69, 9.17) is 0 Å². The van der Waals surface area contributed by atoms with Crippen molar-refractivity contribution in [3.8, 4) is 0 Å². The quantitative estimate of drug-likeness (QED) is 0.799. The minimum absolute atomic E-state index is 0.177. The molecule has 3 nitrogen and oxygen atoms in total. The second-order valence-corrected chi connectivity index (χ2v) is 8.37. The lowest BCUT2D eigenvalue weighted by Gasteiger charge is -2.65. The lowest BCUT2D eigenvalue weighted by atomic mass is 9.39. The van der Waals surface area contributed by atoms with Crippen LogP contribution in [-0.2, 0) is 9.53 Å². The molecule has 0 radical (unpaired) electrons. The zero-order valence-electron chi connectivity index (χ0n) is 12.4. The highest BCUT2D eigenvalue weighted by Gasteiger charge is 2.60. The SMILES string of the molecule is COC(=O)C(O)CC12CC3C[C@@](C)(C1)C[C@](C)(C3)C2. The number of hydrogen-bond acceptors (Lipinski definition) is 3. The average molecular weight is 266 g/mol. The van der Waals surface area contributed by atoms with Crippen molar-refractivity contribution in [3.63, 3.8) is 0 Å². The standard InChI is InChI=1S/C16H26O3/c1-14-4-11-5-15(2,8-14)10-16(6-11,9-14)7-12(17)13(18)19-3/h11-12,17H,4-10H2,1-3H3/t11?,12?,14-,15+,16?. The maximum atomic E-state index is 11.5. The third-order valence-electron chi connectivity index (χ3n) is 5.84. The van der Waals surface area contributed by atoms with Gasteiger partial charge >= 0.3 is 5.97 Å². The van der Waals surface area contributed by atoms with E-state index >= 15 is 0 Å². The molecule has 0 aromatic heterocycles. The number of aliphatic hydroxyl groups is 1. The number of esters is 1. The molecule has 0 spiro atoms. The Hall–Kier alpha value is -0.570. The molecule has 0 aliphatic heterocycles. The van der Waals surface area contributed by atoms with Crippen molar-refractivity contribution in [2.24, 2.45) is 22.2 Å². The van der Waals surface area contributed by atoms with Gasteiger partial charge in [0, 0.05) is 0 Å². The molecule has 1 N–H and O–H groups in total. The predicted octanol–water partition coefficient (Wildman–Crippen LogP) is 2.91. The van der Waals surface area contributed by atoms with Crippen LogP contribution in [0.25, 0.3) is 0 Å². The Morgan fingerprint density at radius 3 is 2.26 bits per heavy atom. The Labute approximate surface area is 115 Å². The van der Waals surface area contributed by atoms with Gasteiger partial charge in [-0.05, 0) is 67.1 Å². The molecular formula is C16H26O3. The van der Waals surface area contributed by atoms with Gasteiger partial charge in [0.05, 0.1) is 7.11 Å². The number of aliphatic hydroxyl groups excluding tert-OH is 1. The third kappa shape index (κ3) is 2.20. The van der Waals surface area contributed by atoms with Gasteiger partial charge in [0.1, 0.15) is 0 Å². The number of carbonyl (C=O) groups excluding carboxylic acids is 1. The summed E-state index contributed by atoms with van der Waals surface area (Å²) in [6, 6.07) is 0. The molecule has 0 aromatic carbocycles. The van der Waals surface area contributed by atoms with E-state index in [9.17, 15) is 9.90 Å². The van der Waals surface area contributed by atoms with Crippen LogP contribution in [0.2, 0.25) is 0 Å². The van der Waals surface area contributed by atoms with Crippen LogP contribution in [0.5, 0.6) is 0 Å². The molecule has 19 heavy (non-hydrogen) atoms. The minimum Gasteiger partial charge on any atom is -0.467 e. The molecule has 0 amide bonds. The molecular weight excluding hydrogens is 240 g/mol. The minimum atomic E-state index is -0.937. The van der Waals surface area contributed by atoms with Crippen molar-refractivity contribution in [2.45, 2.75) is 64.9 Å². The van der Waals surface area contributed by atoms with E-state index in [-0.39, 0.29) is 5.41 Å². The predicted molar refractivity (Wildman–Crippen MR) is 72.5 cm³/mol. The first-order valence-corrected chi connectivity index (χ1v) is 7.53. The zero-order valence-corrected chi connectivity index (χ0v) is 12.4. The van der Waals surface area contributed by atoms with E-state index in [2.05, 4.69) is 18.6 Å². The lowest BCUT2D eigenvalue weighted by molar-refractivity contribution is -0.170. The third-order valence-corrected chi connectivity index (χ3v) is 5.84. The Balaban J connectivity index is 1.82. The first-order valence-electron chi connectivity index (χ1n) is 7.53. The molecule has 4 bridgehead atoms. The van der Waals surface area contributed by atoms with Crippen LogP contribution in [-0.4, -0.2) is 24.3 Å². The topological polar surface area (TPSA) is 46.5 Å². The smallest absolute Gasteiger partial charge is 0.334 e. The van der Waals surface area contributed by atoms with Crippen molar-refractivity contribution < 1.29 is 14.6 Å². The van der Waals surface area contributed by atoms with Gasteiger partial charge < -0.3 is 9.84 Å². The largest absolute Gasteiger partial charge is 0.467 e. The summed E-state index contributed by atoms with van der Waals surface area (Å²) in [5.74, 6) is 0.335. The van der Waals surface area contributed by atoms with Gasteiger partial charge in [-0.3, -0.25) is 0 Å².